The van der Waals surface area contributed by atoms with Crippen LogP contribution in [0.5, 0.6) is 0 Å². The molecule has 0 unspecified atom stereocenters. The maximum Gasteiger partial charge on any atom is 0.0951 e. The molecule has 3 heterocycles. The van der Waals surface area contributed by atoms with E-state index in [0.717, 1.165) is 19.6 Å². The first-order valence-electron chi connectivity index (χ1n) is 6.94. The first-order chi connectivity index (χ1) is 9.17. The van der Waals surface area contributed by atoms with Gasteiger partial charge in [0.05, 0.1) is 12.9 Å². The lowest BCUT2D eigenvalue weighted by molar-refractivity contribution is 0.319. The highest BCUT2D eigenvalue weighted by atomic mass is 32.1. The first kappa shape index (κ1) is 12.9. The Kier molecular flexibility index (Phi) is 3.46. The highest BCUT2D eigenvalue weighted by Crippen LogP contribution is 2.33. The van der Waals surface area contributed by atoms with Crippen molar-refractivity contribution in [2.24, 2.45) is 0 Å². The second kappa shape index (κ2) is 5.10. The molecule has 0 aromatic carbocycles. The van der Waals surface area contributed by atoms with E-state index in [0.29, 0.717) is 0 Å². The lowest BCUT2D eigenvalue weighted by atomic mass is 9.78. The molecule has 102 valence electrons. The van der Waals surface area contributed by atoms with Crippen LogP contribution in [0.1, 0.15) is 35.2 Å². The van der Waals surface area contributed by atoms with Crippen LogP contribution in [0.3, 0.4) is 0 Å². The predicted molar refractivity (Wildman–Crippen MR) is 79.8 cm³/mol. The van der Waals surface area contributed by atoms with Gasteiger partial charge in [0.1, 0.15) is 0 Å². The topological polar surface area (TPSA) is 29.9 Å². The molecular weight excluding hydrogens is 254 g/mol. The van der Waals surface area contributed by atoms with Crippen molar-refractivity contribution >= 4 is 11.3 Å². The van der Waals surface area contributed by atoms with Gasteiger partial charge in [0.2, 0.25) is 0 Å². The Bertz CT molecular complexity index is 549. The molecule has 3 rings (SSSR count). The minimum absolute atomic E-state index is 0.272. The molecule has 2 aromatic rings. The van der Waals surface area contributed by atoms with E-state index in [2.05, 4.69) is 47.0 Å². The van der Waals surface area contributed by atoms with Crippen LogP contribution in [0.2, 0.25) is 0 Å². The second-order valence-electron chi connectivity index (χ2n) is 5.73. The molecule has 1 fully saturated rings. The third-order valence-electron chi connectivity index (χ3n) is 4.16. The van der Waals surface area contributed by atoms with Crippen LogP contribution < -0.4 is 5.32 Å². The summed E-state index contributed by atoms with van der Waals surface area (Å²) in [6, 6.07) is 4.43. The van der Waals surface area contributed by atoms with Crippen molar-refractivity contribution < 1.29 is 0 Å². The summed E-state index contributed by atoms with van der Waals surface area (Å²) in [5.74, 6) is 0. The van der Waals surface area contributed by atoms with Gasteiger partial charge in [-0.2, -0.15) is 0 Å². The summed E-state index contributed by atoms with van der Waals surface area (Å²) in [4.78, 5) is 7.18. The molecule has 19 heavy (non-hydrogen) atoms. The number of hydrogen-bond donors (Lipinski definition) is 1. The second-order valence-corrected chi connectivity index (χ2v) is 7.10. The monoisotopic (exact) mass is 275 g/mol. The lowest BCUT2D eigenvalue weighted by Gasteiger charge is -2.34. The minimum atomic E-state index is 0.272. The van der Waals surface area contributed by atoms with Gasteiger partial charge in [0.25, 0.3) is 0 Å². The van der Waals surface area contributed by atoms with Crippen molar-refractivity contribution in [2.75, 3.05) is 13.1 Å². The molecular formula is C15H21N3S. The first-order valence-corrected chi connectivity index (χ1v) is 7.76. The van der Waals surface area contributed by atoms with Crippen LogP contribution in [-0.2, 0) is 12.0 Å². The number of imidazole rings is 1. The summed E-state index contributed by atoms with van der Waals surface area (Å²) < 4.78 is 2.33. The van der Waals surface area contributed by atoms with E-state index in [4.69, 9.17) is 0 Å². The fourth-order valence-corrected chi connectivity index (χ4v) is 3.81. The number of thiophene rings is 1. The number of nitrogens with zero attached hydrogens (tertiary/aromatic N) is 2. The van der Waals surface area contributed by atoms with Gasteiger partial charge in [-0.1, -0.05) is 6.92 Å². The van der Waals surface area contributed by atoms with E-state index >= 15 is 0 Å². The van der Waals surface area contributed by atoms with Gasteiger partial charge in [0, 0.05) is 27.1 Å². The molecule has 1 N–H and O–H groups in total. The van der Waals surface area contributed by atoms with Gasteiger partial charge in [0.15, 0.2) is 0 Å². The predicted octanol–water partition coefficient (Wildman–Crippen LogP) is 2.94. The van der Waals surface area contributed by atoms with Crippen LogP contribution in [0.25, 0.3) is 0 Å². The molecule has 0 amide bonds. The van der Waals surface area contributed by atoms with Gasteiger partial charge >= 0.3 is 0 Å². The molecule has 0 atom stereocenters. The lowest BCUT2D eigenvalue weighted by Crippen LogP contribution is -2.39. The minimum Gasteiger partial charge on any atom is -0.329 e. The number of aryl methyl sites for hydroxylation is 1. The number of aromatic nitrogens is 2. The number of hydrogen-bond acceptors (Lipinski definition) is 3. The summed E-state index contributed by atoms with van der Waals surface area (Å²) in [7, 11) is 0. The smallest absolute Gasteiger partial charge is 0.0951 e. The van der Waals surface area contributed by atoms with Crippen LogP contribution in [-0.4, -0.2) is 22.6 Å². The molecule has 0 saturated carbocycles. The molecule has 1 saturated heterocycles. The third kappa shape index (κ3) is 2.60. The van der Waals surface area contributed by atoms with E-state index in [1.54, 1.807) is 0 Å². The highest BCUT2D eigenvalue weighted by molar-refractivity contribution is 7.11. The SMILES string of the molecule is Cc1ccc(Cn2cncc2C2(C)CCNCC2)s1. The highest BCUT2D eigenvalue weighted by Gasteiger charge is 2.31. The summed E-state index contributed by atoms with van der Waals surface area (Å²) in [5, 5.41) is 3.45. The summed E-state index contributed by atoms with van der Waals surface area (Å²) >= 11 is 1.88. The Morgan fingerprint density at radius 1 is 1.37 bits per heavy atom. The van der Waals surface area contributed by atoms with Gasteiger partial charge in [-0.05, 0) is 45.0 Å². The largest absolute Gasteiger partial charge is 0.329 e. The molecule has 2 aromatic heterocycles. The molecule has 1 aliphatic rings. The van der Waals surface area contributed by atoms with E-state index in [1.807, 2.05) is 17.7 Å². The van der Waals surface area contributed by atoms with Crippen molar-refractivity contribution in [3.63, 3.8) is 0 Å². The van der Waals surface area contributed by atoms with Crippen molar-refractivity contribution in [1.82, 2.24) is 14.9 Å². The van der Waals surface area contributed by atoms with Crippen LogP contribution >= 0.6 is 11.3 Å². The van der Waals surface area contributed by atoms with Crippen LogP contribution in [0.15, 0.2) is 24.7 Å². The average Bonchev–Trinajstić information content (AvgIpc) is 3.00. The van der Waals surface area contributed by atoms with Crippen LogP contribution in [0.4, 0.5) is 0 Å². The fraction of sp³-hybridized carbons (Fsp3) is 0.533. The quantitative estimate of drug-likeness (QED) is 0.933. The maximum absolute atomic E-state index is 4.39. The molecule has 0 aliphatic carbocycles. The van der Waals surface area contributed by atoms with Gasteiger partial charge in [-0.15, -0.1) is 11.3 Å². The maximum atomic E-state index is 4.39. The molecule has 3 nitrogen and oxygen atoms in total. The Morgan fingerprint density at radius 3 is 2.84 bits per heavy atom. The molecule has 0 radical (unpaired) electrons. The van der Waals surface area contributed by atoms with Crippen LogP contribution in [0, 0.1) is 6.92 Å². The summed E-state index contributed by atoms with van der Waals surface area (Å²) in [5.41, 5.74) is 1.66. The van der Waals surface area contributed by atoms with E-state index in [1.165, 1.54) is 28.3 Å². The summed E-state index contributed by atoms with van der Waals surface area (Å²) in [6.07, 6.45) is 6.44. The molecule has 1 aliphatic heterocycles. The normalized spacial score (nSPS) is 18.6. The number of piperidine rings is 1. The number of nitrogens with one attached hydrogen (secondary N) is 1. The average molecular weight is 275 g/mol. The van der Waals surface area contributed by atoms with Crippen molar-refractivity contribution in [2.45, 2.75) is 38.6 Å². The zero-order chi connectivity index (χ0) is 13.3. The zero-order valence-electron chi connectivity index (χ0n) is 11.6. The van der Waals surface area contributed by atoms with Gasteiger partial charge in [-0.3, -0.25) is 0 Å². The Balaban J connectivity index is 1.85. The van der Waals surface area contributed by atoms with Gasteiger partial charge < -0.3 is 9.88 Å². The van der Waals surface area contributed by atoms with Crippen molar-refractivity contribution in [3.8, 4) is 0 Å². The Labute approximate surface area is 118 Å². The zero-order valence-corrected chi connectivity index (χ0v) is 12.5. The molecule has 0 spiro atoms. The van der Waals surface area contributed by atoms with E-state index < -0.39 is 0 Å². The summed E-state index contributed by atoms with van der Waals surface area (Å²) in [6.45, 7) is 7.72. The molecule has 4 heteroatoms. The Morgan fingerprint density at radius 2 is 2.16 bits per heavy atom. The third-order valence-corrected chi connectivity index (χ3v) is 5.15. The van der Waals surface area contributed by atoms with Crippen molar-refractivity contribution in [3.05, 3.63) is 40.1 Å². The van der Waals surface area contributed by atoms with Gasteiger partial charge in [-0.25, -0.2) is 4.98 Å². The number of rotatable bonds is 3. The van der Waals surface area contributed by atoms with E-state index in [-0.39, 0.29) is 5.41 Å². The van der Waals surface area contributed by atoms with Crippen molar-refractivity contribution in [1.29, 1.82) is 0 Å². The Hall–Kier alpha value is -1.13. The standard InChI is InChI=1S/C15H21N3S/c1-12-3-4-13(19-12)10-18-11-17-9-14(18)15(2)5-7-16-8-6-15/h3-4,9,11,16H,5-8,10H2,1-2H3. The van der Waals surface area contributed by atoms with E-state index in [9.17, 15) is 0 Å². The molecule has 0 bridgehead atoms. The fourth-order valence-electron chi connectivity index (χ4n) is 2.92.